The van der Waals surface area contributed by atoms with E-state index in [9.17, 15) is 4.79 Å². The summed E-state index contributed by atoms with van der Waals surface area (Å²) in [6.07, 6.45) is 1.65. The number of thiazole rings is 1. The quantitative estimate of drug-likeness (QED) is 0.615. The highest BCUT2D eigenvalue weighted by molar-refractivity contribution is 8.00. The van der Waals surface area contributed by atoms with Crippen molar-refractivity contribution in [3.63, 3.8) is 0 Å². The third-order valence-electron chi connectivity index (χ3n) is 2.08. The number of hydrogen-bond donors (Lipinski definition) is 0. The van der Waals surface area contributed by atoms with Crippen molar-refractivity contribution < 1.29 is 9.53 Å². The average Bonchev–Trinajstić information content (AvgIpc) is 2.90. The zero-order valence-electron chi connectivity index (χ0n) is 9.25. The lowest BCUT2D eigenvalue weighted by Crippen LogP contribution is -2.01. The Morgan fingerprint density at radius 1 is 1.53 bits per heavy atom. The molecule has 1 heterocycles. The maximum absolute atomic E-state index is 11.7. The van der Waals surface area contributed by atoms with Crippen molar-refractivity contribution in [2.75, 3.05) is 12.9 Å². The number of thioether (sulfide) groups is 1. The minimum absolute atomic E-state index is 0.0628. The van der Waals surface area contributed by atoms with E-state index in [1.807, 2.05) is 29.6 Å². The normalized spacial score (nSPS) is 10.2. The van der Waals surface area contributed by atoms with Gasteiger partial charge in [0.2, 0.25) is 5.78 Å². The van der Waals surface area contributed by atoms with Crippen molar-refractivity contribution in [1.29, 1.82) is 0 Å². The van der Waals surface area contributed by atoms with Gasteiger partial charge in [-0.25, -0.2) is 4.98 Å². The highest BCUT2D eigenvalue weighted by atomic mass is 32.2. The molecule has 1 aromatic heterocycles. The van der Waals surface area contributed by atoms with Crippen LogP contribution in [0.5, 0.6) is 5.75 Å². The Balaban J connectivity index is 1.95. The summed E-state index contributed by atoms with van der Waals surface area (Å²) in [6, 6.07) is 7.67. The molecule has 2 aromatic rings. The summed E-state index contributed by atoms with van der Waals surface area (Å²) in [6.45, 7) is 0. The number of ketones is 1. The Morgan fingerprint density at radius 2 is 2.41 bits per heavy atom. The number of benzene rings is 1. The molecule has 5 heteroatoms. The molecule has 0 aliphatic heterocycles. The van der Waals surface area contributed by atoms with Gasteiger partial charge in [-0.2, -0.15) is 0 Å². The van der Waals surface area contributed by atoms with E-state index >= 15 is 0 Å². The van der Waals surface area contributed by atoms with Crippen LogP contribution in [-0.4, -0.2) is 23.6 Å². The highest BCUT2D eigenvalue weighted by Gasteiger charge is 2.09. The van der Waals surface area contributed by atoms with Crippen LogP contribution < -0.4 is 4.74 Å². The molecule has 0 fully saturated rings. The van der Waals surface area contributed by atoms with Crippen LogP contribution in [0.15, 0.2) is 40.7 Å². The van der Waals surface area contributed by atoms with E-state index in [4.69, 9.17) is 4.74 Å². The second-order valence-corrected chi connectivity index (χ2v) is 5.17. The molecule has 0 aliphatic rings. The van der Waals surface area contributed by atoms with Gasteiger partial charge in [-0.15, -0.1) is 23.1 Å². The fourth-order valence-corrected chi connectivity index (χ4v) is 2.74. The van der Waals surface area contributed by atoms with Crippen molar-refractivity contribution in [1.82, 2.24) is 4.98 Å². The number of ether oxygens (including phenoxy) is 1. The average molecular weight is 265 g/mol. The zero-order valence-corrected chi connectivity index (χ0v) is 10.9. The number of aromatic nitrogens is 1. The third kappa shape index (κ3) is 3.31. The van der Waals surface area contributed by atoms with Gasteiger partial charge in [0.1, 0.15) is 5.75 Å². The molecule has 0 N–H and O–H groups in total. The first kappa shape index (κ1) is 12.1. The molecule has 3 nitrogen and oxygen atoms in total. The van der Waals surface area contributed by atoms with Crippen molar-refractivity contribution in [2.45, 2.75) is 4.90 Å². The van der Waals surface area contributed by atoms with Crippen molar-refractivity contribution in [3.8, 4) is 5.75 Å². The molecule has 0 amide bonds. The van der Waals surface area contributed by atoms with Gasteiger partial charge in [-0.1, -0.05) is 6.07 Å². The summed E-state index contributed by atoms with van der Waals surface area (Å²) in [5, 5.41) is 2.38. The molecule has 2 rings (SSSR count). The molecule has 88 valence electrons. The second kappa shape index (κ2) is 5.84. The number of hydrogen-bond acceptors (Lipinski definition) is 5. The Kier molecular flexibility index (Phi) is 4.17. The zero-order chi connectivity index (χ0) is 12.1. The molecule has 17 heavy (non-hydrogen) atoms. The molecule has 0 saturated carbocycles. The first-order chi connectivity index (χ1) is 8.29. The van der Waals surface area contributed by atoms with Gasteiger partial charge in [0.05, 0.1) is 12.9 Å². The predicted octanol–water partition coefficient (Wildman–Crippen LogP) is 3.13. The van der Waals surface area contributed by atoms with Gasteiger partial charge in [-0.05, 0) is 18.2 Å². The van der Waals surface area contributed by atoms with Crippen LogP contribution in [0.1, 0.15) is 9.80 Å². The van der Waals surface area contributed by atoms with E-state index in [1.165, 1.54) is 23.1 Å². The van der Waals surface area contributed by atoms with Crippen molar-refractivity contribution >= 4 is 28.9 Å². The number of methoxy groups -OCH3 is 1. The second-order valence-electron chi connectivity index (χ2n) is 3.23. The summed E-state index contributed by atoms with van der Waals surface area (Å²) < 4.78 is 5.13. The van der Waals surface area contributed by atoms with Gasteiger partial charge in [0.15, 0.2) is 5.01 Å². The topological polar surface area (TPSA) is 39.2 Å². The maximum Gasteiger partial charge on any atom is 0.201 e. The predicted molar refractivity (Wildman–Crippen MR) is 70.2 cm³/mol. The van der Waals surface area contributed by atoms with Crippen LogP contribution in [0.3, 0.4) is 0 Å². The molecule has 0 aliphatic carbocycles. The lowest BCUT2D eigenvalue weighted by molar-refractivity contribution is 0.102. The Morgan fingerprint density at radius 3 is 3.12 bits per heavy atom. The fraction of sp³-hybridized carbons (Fsp3) is 0.167. The van der Waals surface area contributed by atoms with Crippen LogP contribution >= 0.6 is 23.1 Å². The SMILES string of the molecule is COc1cccc(SCC(=O)c2nccs2)c1. The van der Waals surface area contributed by atoms with Crippen LogP contribution in [0.25, 0.3) is 0 Å². The van der Waals surface area contributed by atoms with Gasteiger partial charge in [0.25, 0.3) is 0 Å². The highest BCUT2D eigenvalue weighted by Crippen LogP contribution is 2.23. The molecule has 0 radical (unpaired) electrons. The van der Waals surface area contributed by atoms with E-state index in [-0.39, 0.29) is 5.78 Å². The summed E-state index contributed by atoms with van der Waals surface area (Å²) in [5.74, 6) is 1.27. The van der Waals surface area contributed by atoms with Crippen LogP contribution in [0.2, 0.25) is 0 Å². The summed E-state index contributed by atoms with van der Waals surface area (Å²) in [4.78, 5) is 16.7. The lowest BCUT2D eigenvalue weighted by atomic mass is 10.3. The van der Waals surface area contributed by atoms with E-state index in [0.29, 0.717) is 10.8 Å². The standard InChI is InChI=1S/C12H11NO2S2/c1-15-9-3-2-4-10(7-9)17-8-11(14)12-13-5-6-16-12/h2-7H,8H2,1H3. The molecule has 0 atom stereocenters. The van der Waals surface area contributed by atoms with E-state index in [1.54, 1.807) is 13.3 Å². The number of nitrogens with zero attached hydrogens (tertiary/aromatic N) is 1. The molecule has 1 aromatic carbocycles. The molecule has 0 saturated heterocycles. The molecule has 0 bridgehead atoms. The number of Topliss-reactive ketones (excluding diaryl/α,β-unsaturated/α-hetero) is 1. The summed E-state index contributed by atoms with van der Waals surface area (Å²) in [7, 11) is 1.63. The maximum atomic E-state index is 11.7. The van der Waals surface area contributed by atoms with E-state index in [0.717, 1.165) is 10.6 Å². The summed E-state index contributed by atoms with van der Waals surface area (Å²) in [5.41, 5.74) is 0. The first-order valence-electron chi connectivity index (χ1n) is 4.99. The number of carbonyl (C=O) groups excluding carboxylic acids is 1. The monoisotopic (exact) mass is 265 g/mol. The van der Waals surface area contributed by atoms with Gasteiger partial charge in [-0.3, -0.25) is 4.79 Å². The molecule has 0 unspecified atom stereocenters. The van der Waals surface area contributed by atoms with E-state index in [2.05, 4.69) is 4.98 Å². The lowest BCUT2D eigenvalue weighted by Gasteiger charge is -2.02. The third-order valence-corrected chi connectivity index (χ3v) is 3.89. The molecular weight excluding hydrogens is 254 g/mol. The Labute approximate surface area is 108 Å². The van der Waals surface area contributed by atoms with Crippen LogP contribution in [-0.2, 0) is 0 Å². The fourth-order valence-electron chi connectivity index (χ4n) is 1.26. The molecule has 0 spiro atoms. The smallest absolute Gasteiger partial charge is 0.201 e. The van der Waals surface area contributed by atoms with Gasteiger partial charge >= 0.3 is 0 Å². The van der Waals surface area contributed by atoms with E-state index < -0.39 is 0 Å². The van der Waals surface area contributed by atoms with Gasteiger partial charge in [0, 0.05) is 16.5 Å². The van der Waals surface area contributed by atoms with Gasteiger partial charge < -0.3 is 4.74 Å². The Bertz CT molecular complexity index is 497. The minimum atomic E-state index is 0.0628. The largest absolute Gasteiger partial charge is 0.497 e. The van der Waals surface area contributed by atoms with Crippen LogP contribution in [0.4, 0.5) is 0 Å². The van der Waals surface area contributed by atoms with Crippen molar-refractivity contribution in [2.24, 2.45) is 0 Å². The van der Waals surface area contributed by atoms with Crippen molar-refractivity contribution in [3.05, 3.63) is 40.8 Å². The Hall–Kier alpha value is -1.33. The number of carbonyl (C=O) groups is 1. The number of rotatable bonds is 5. The molecular formula is C12H11NO2S2. The van der Waals surface area contributed by atoms with Crippen LogP contribution in [0, 0.1) is 0 Å². The minimum Gasteiger partial charge on any atom is -0.497 e. The first-order valence-corrected chi connectivity index (χ1v) is 6.85. The summed E-state index contributed by atoms with van der Waals surface area (Å²) >= 11 is 2.87.